The highest BCUT2D eigenvalue weighted by molar-refractivity contribution is 5.77. The lowest BCUT2D eigenvalue weighted by Gasteiger charge is -2.41. The van der Waals surface area contributed by atoms with Crippen molar-refractivity contribution in [3.8, 4) is 0 Å². The van der Waals surface area contributed by atoms with E-state index in [2.05, 4.69) is 10.2 Å². The molecule has 0 radical (unpaired) electrons. The van der Waals surface area contributed by atoms with E-state index in [1.807, 2.05) is 0 Å². The second-order valence-corrected chi connectivity index (χ2v) is 8.63. The normalized spacial score (nSPS) is 23.8. The first-order chi connectivity index (χ1) is 12.8. The van der Waals surface area contributed by atoms with Crippen LogP contribution in [0.1, 0.15) is 70.6 Å². The first-order valence-corrected chi connectivity index (χ1v) is 11.4. The van der Waals surface area contributed by atoms with Gasteiger partial charge in [-0.15, -0.1) is 0 Å². The van der Waals surface area contributed by atoms with Gasteiger partial charge in [-0.3, -0.25) is 4.79 Å². The molecule has 26 heavy (non-hydrogen) atoms. The van der Waals surface area contributed by atoms with Gasteiger partial charge in [0, 0.05) is 18.5 Å². The number of morpholine rings is 1. The lowest BCUT2D eigenvalue weighted by molar-refractivity contribution is -0.909. The lowest BCUT2D eigenvalue weighted by Crippen LogP contribution is -3.14. The van der Waals surface area contributed by atoms with Crippen LogP contribution in [0.15, 0.2) is 0 Å². The van der Waals surface area contributed by atoms with Crippen molar-refractivity contribution in [2.75, 3.05) is 45.9 Å². The summed E-state index contributed by atoms with van der Waals surface area (Å²) in [5, 5.41) is 2.26. The van der Waals surface area contributed by atoms with Gasteiger partial charge >= 0.3 is 0 Å². The molecule has 5 nitrogen and oxygen atoms in total. The Labute approximate surface area is 159 Å². The molecule has 150 valence electrons. The van der Waals surface area contributed by atoms with Crippen LogP contribution in [0, 0.1) is 0 Å². The van der Waals surface area contributed by atoms with E-state index >= 15 is 0 Å². The summed E-state index contributed by atoms with van der Waals surface area (Å²) in [6.07, 6.45) is 14.1. The van der Waals surface area contributed by atoms with Gasteiger partial charge in [0.05, 0.1) is 26.3 Å². The van der Waals surface area contributed by atoms with Crippen LogP contribution in [0.5, 0.6) is 0 Å². The molecule has 3 N–H and O–H groups in total. The van der Waals surface area contributed by atoms with Crippen LogP contribution in [0.4, 0.5) is 0 Å². The van der Waals surface area contributed by atoms with Crippen LogP contribution in [0.25, 0.3) is 0 Å². The molecule has 1 heterocycles. The van der Waals surface area contributed by atoms with E-state index in [0.29, 0.717) is 24.5 Å². The van der Waals surface area contributed by atoms with Crippen molar-refractivity contribution in [2.45, 2.75) is 82.7 Å². The number of rotatable bonds is 8. The molecule has 1 saturated heterocycles. The minimum atomic E-state index is 0.419. The molecule has 3 aliphatic rings. The number of hydrogen-bond acceptors (Lipinski definition) is 2. The molecule has 0 bridgehead atoms. The van der Waals surface area contributed by atoms with E-state index in [1.165, 1.54) is 77.2 Å². The number of carbonyl (C=O) groups is 1. The van der Waals surface area contributed by atoms with E-state index in [-0.39, 0.29) is 0 Å². The van der Waals surface area contributed by atoms with Gasteiger partial charge in [-0.2, -0.15) is 0 Å². The average molecular weight is 368 g/mol. The van der Waals surface area contributed by atoms with Crippen LogP contribution in [0.3, 0.4) is 0 Å². The summed E-state index contributed by atoms with van der Waals surface area (Å²) >= 11 is 0. The van der Waals surface area contributed by atoms with Gasteiger partial charge in [-0.1, -0.05) is 38.5 Å². The van der Waals surface area contributed by atoms with Crippen LogP contribution in [-0.4, -0.2) is 68.8 Å². The molecular weight excluding hydrogens is 326 g/mol. The number of nitrogens with two attached hydrogens (primary N) is 1. The third-order valence-electron chi connectivity index (χ3n) is 6.68. The van der Waals surface area contributed by atoms with E-state index in [4.69, 9.17) is 4.74 Å². The van der Waals surface area contributed by atoms with Crippen molar-refractivity contribution in [3.05, 3.63) is 0 Å². The topological polar surface area (TPSA) is 50.6 Å². The Hall–Kier alpha value is -0.650. The van der Waals surface area contributed by atoms with Crippen LogP contribution in [-0.2, 0) is 9.53 Å². The molecule has 3 fully saturated rings. The second kappa shape index (κ2) is 11.3. The van der Waals surface area contributed by atoms with Crippen molar-refractivity contribution in [3.63, 3.8) is 0 Å². The number of quaternary nitrogens is 2. The first kappa shape index (κ1) is 20.1. The molecule has 0 aromatic heterocycles. The quantitative estimate of drug-likeness (QED) is 0.608. The Morgan fingerprint density at radius 3 is 2.08 bits per heavy atom. The Balaban J connectivity index is 1.40. The highest BCUT2D eigenvalue weighted by Gasteiger charge is 2.32. The zero-order chi connectivity index (χ0) is 18.0. The van der Waals surface area contributed by atoms with Crippen molar-refractivity contribution >= 4 is 5.91 Å². The highest BCUT2D eigenvalue weighted by atomic mass is 16.5. The summed E-state index contributed by atoms with van der Waals surface area (Å²) in [6.45, 7) is 7.09. The fourth-order valence-corrected chi connectivity index (χ4v) is 5.16. The minimum Gasteiger partial charge on any atom is -0.370 e. The molecular formula is C21H41N3O2+2. The van der Waals surface area contributed by atoms with Crippen molar-refractivity contribution < 1.29 is 19.7 Å². The van der Waals surface area contributed by atoms with Gasteiger partial charge in [0.15, 0.2) is 6.54 Å². The van der Waals surface area contributed by atoms with Gasteiger partial charge in [-0.05, 0) is 25.7 Å². The molecule has 2 saturated carbocycles. The SMILES string of the molecule is O=C(C[NH2+]CCC[NH+]1CCOCC1)N(C1CCCCC1)C1CCCCC1. The summed E-state index contributed by atoms with van der Waals surface area (Å²) in [5.74, 6) is 0.419. The molecule has 0 spiro atoms. The average Bonchev–Trinajstić information content (AvgIpc) is 2.70. The van der Waals surface area contributed by atoms with Crippen LogP contribution >= 0.6 is 0 Å². The number of ether oxygens (including phenoxy) is 1. The van der Waals surface area contributed by atoms with Gasteiger partial charge in [0.2, 0.25) is 0 Å². The van der Waals surface area contributed by atoms with E-state index in [0.717, 1.165) is 32.8 Å². The fourth-order valence-electron chi connectivity index (χ4n) is 5.16. The third-order valence-corrected chi connectivity index (χ3v) is 6.68. The summed E-state index contributed by atoms with van der Waals surface area (Å²) in [7, 11) is 0. The molecule has 0 atom stereocenters. The maximum atomic E-state index is 13.1. The fraction of sp³-hybridized carbons (Fsp3) is 0.952. The molecule has 0 unspecified atom stereocenters. The molecule has 0 aromatic carbocycles. The van der Waals surface area contributed by atoms with Gasteiger partial charge in [-0.25, -0.2) is 0 Å². The maximum Gasteiger partial charge on any atom is 0.278 e. The molecule has 1 amide bonds. The molecule has 1 aliphatic heterocycles. The molecule has 0 aromatic rings. The van der Waals surface area contributed by atoms with E-state index in [9.17, 15) is 4.79 Å². The Kier molecular flexibility index (Phi) is 8.70. The van der Waals surface area contributed by atoms with Crippen molar-refractivity contribution in [1.29, 1.82) is 0 Å². The number of carbonyl (C=O) groups excluding carboxylic acids is 1. The Morgan fingerprint density at radius 1 is 0.923 bits per heavy atom. The first-order valence-electron chi connectivity index (χ1n) is 11.4. The maximum absolute atomic E-state index is 13.1. The van der Waals surface area contributed by atoms with E-state index in [1.54, 1.807) is 4.90 Å². The molecule has 3 rings (SSSR count). The summed E-state index contributed by atoms with van der Waals surface area (Å²) in [5.41, 5.74) is 0. The predicted octanol–water partition coefficient (Wildman–Crippen LogP) is 0.349. The third kappa shape index (κ3) is 6.21. The summed E-state index contributed by atoms with van der Waals surface area (Å²) in [6, 6.07) is 1.07. The Bertz CT molecular complexity index is 382. The number of hydrogen-bond donors (Lipinski definition) is 2. The lowest BCUT2D eigenvalue weighted by atomic mass is 9.88. The van der Waals surface area contributed by atoms with E-state index < -0.39 is 0 Å². The Morgan fingerprint density at radius 2 is 1.50 bits per heavy atom. The number of nitrogens with one attached hydrogen (secondary N) is 1. The molecule has 2 aliphatic carbocycles. The zero-order valence-corrected chi connectivity index (χ0v) is 16.7. The monoisotopic (exact) mass is 367 g/mol. The van der Waals surface area contributed by atoms with Gasteiger partial charge in [0.25, 0.3) is 5.91 Å². The van der Waals surface area contributed by atoms with Crippen molar-refractivity contribution in [2.24, 2.45) is 0 Å². The number of amides is 1. The van der Waals surface area contributed by atoms with Crippen molar-refractivity contribution in [1.82, 2.24) is 4.90 Å². The zero-order valence-electron chi connectivity index (χ0n) is 16.7. The second-order valence-electron chi connectivity index (χ2n) is 8.63. The minimum absolute atomic E-state index is 0.419. The summed E-state index contributed by atoms with van der Waals surface area (Å²) < 4.78 is 5.42. The summed E-state index contributed by atoms with van der Waals surface area (Å²) in [4.78, 5) is 17.1. The van der Waals surface area contributed by atoms with Crippen LogP contribution < -0.4 is 10.2 Å². The van der Waals surface area contributed by atoms with Crippen LogP contribution in [0.2, 0.25) is 0 Å². The standard InChI is InChI=1S/C21H39N3O2/c25-21(18-22-12-7-13-23-14-16-26-17-15-23)24(19-8-3-1-4-9-19)20-10-5-2-6-11-20/h19-20,22H,1-18H2/p+2. The highest BCUT2D eigenvalue weighted by Crippen LogP contribution is 2.30. The number of nitrogens with zero attached hydrogens (tertiary/aromatic N) is 1. The van der Waals surface area contributed by atoms with Gasteiger partial charge in [0.1, 0.15) is 13.1 Å². The molecule has 5 heteroatoms. The largest absolute Gasteiger partial charge is 0.370 e. The predicted molar refractivity (Wildman–Crippen MR) is 103 cm³/mol. The smallest absolute Gasteiger partial charge is 0.278 e. The van der Waals surface area contributed by atoms with Gasteiger partial charge < -0.3 is 19.9 Å².